The van der Waals surface area contributed by atoms with Crippen molar-refractivity contribution in [2.75, 3.05) is 32.8 Å². The number of aromatic nitrogens is 1. The van der Waals surface area contributed by atoms with Crippen molar-refractivity contribution < 1.29 is 9.53 Å². The molecule has 0 saturated carbocycles. The summed E-state index contributed by atoms with van der Waals surface area (Å²) in [5.41, 5.74) is 1.05. The summed E-state index contributed by atoms with van der Waals surface area (Å²) in [7, 11) is 0. The minimum absolute atomic E-state index is 0.0298. The minimum Gasteiger partial charge on any atom is -0.482 e. The number of carbonyl (C=O) groups is 1. The third-order valence-electron chi connectivity index (χ3n) is 4.65. The molecule has 152 valence electrons. The molecule has 2 aromatic heterocycles. The van der Waals surface area contributed by atoms with E-state index < -0.39 is 0 Å². The maximum atomic E-state index is 12.5. The molecule has 4 rings (SSSR count). The number of hydrogen-bond acceptors (Lipinski definition) is 6. The largest absolute Gasteiger partial charge is 0.482 e. The second-order valence-corrected chi connectivity index (χ2v) is 9.36. The molecule has 0 radical (unpaired) electrons. The first kappa shape index (κ1) is 20.6. The Morgan fingerprint density at radius 1 is 1.14 bits per heavy atom. The zero-order valence-electron chi connectivity index (χ0n) is 15.5. The first-order chi connectivity index (χ1) is 14.1. The van der Waals surface area contributed by atoms with Crippen molar-refractivity contribution >= 4 is 51.8 Å². The van der Waals surface area contributed by atoms with Crippen LogP contribution in [0.2, 0.25) is 10.0 Å². The van der Waals surface area contributed by atoms with Crippen molar-refractivity contribution in [2.45, 2.75) is 6.54 Å². The van der Waals surface area contributed by atoms with E-state index in [1.165, 1.54) is 4.88 Å². The molecule has 0 unspecified atom stereocenters. The van der Waals surface area contributed by atoms with Gasteiger partial charge in [-0.25, -0.2) is 4.98 Å². The lowest BCUT2D eigenvalue weighted by atomic mass is 10.3. The highest BCUT2D eigenvalue weighted by atomic mass is 35.5. The zero-order chi connectivity index (χ0) is 20.2. The van der Waals surface area contributed by atoms with E-state index in [2.05, 4.69) is 21.7 Å². The number of halogens is 2. The first-order valence-electron chi connectivity index (χ1n) is 9.15. The fourth-order valence-corrected chi connectivity index (χ4v) is 5.15. The number of nitrogens with zero attached hydrogens (tertiary/aromatic N) is 3. The van der Waals surface area contributed by atoms with E-state index in [-0.39, 0.29) is 12.5 Å². The molecule has 1 aliphatic rings. The van der Waals surface area contributed by atoms with Crippen molar-refractivity contribution in [1.29, 1.82) is 0 Å². The van der Waals surface area contributed by atoms with Crippen LogP contribution in [-0.2, 0) is 11.3 Å². The van der Waals surface area contributed by atoms with Crippen molar-refractivity contribution in [1.82, 2.24) is 14.8 Å². The summed E-state index contributed by atoms with van der Waals surface area (Å²) >= 11 is 15.4. The molecule has 1 aliphatic heterocycles. The molecule has 1 amide bonds. The van der Waals surface area contributed by atoms with E-state index in [9.17, 15) is 4.79 Å². The van der Waals surface area contributed by atoms with Crippen LogP contribution in [-0.4, -0.2) is 53.5 Å². The Bertz CT molecular complexity index is 970. The average Bonchev–Trinajstić information content (AvgIpc) is 3.39. The van der Waals surface area contributed by atoms with Gasteiger partial charge >= 0.3 is 0 Å². The van der Waals surface area contributed by atoms with Gasteiger partial charge in [-0.3, -0.25) is 9.69 Å². The smallest absolute Gasteiger partial charge is 0.260 e. The van der Waals surface area contributed by atoms with Gasteiger partial charge in [0, 0.05) is 36.6 Å². The predicted octanol–water partition coefficient (Wildman–Crippen LogP) is 4.90. The van der Waals surface area contributed by atoms with E-state index in [1.807, 2.05) is 11.0 Å². The number of ether oxygens (including phenoxy) is 1. The Balaban J connectivity index is 1.24. The lowest BCUT2D eigenvalue weighted by Crippen LogP contribution is -2.49. The third kappa shape index (κ3) is 5.29. The number of piperazine rings is 1. The van der Waals surface area contributed by atoms with E-state index in [0.29, 0.717) is 28.9 Å². The van der Waals surface area contributed by atoms with Gasteiger partial charge in [0.05, 0.1) is 22.1 Å². The van der Waals surface area contributed by atoms with E-state index in [1.54, 1.807) is 40.9 Å². The maximum Gasteiger partial charge on any atom is 0.260 e. The van der Waals surface area contributed by atoms with Gasteiger partial charge in [0.25, 0.3) is 5.91 Å². The molecule has 0 spiro atoms. The third-order valence-corrected chi connectivity index (χ3v) is 6.91. The number of carbonyl (C=O) groups excluding carboxylic acids is 1. The minimum atomic E-state index is -0.0371. The van der Waals surface area contributed by atoms with Crippen LogP contribution in [0.4, 0.5) is 0 Å². The molecule has 3 heterocycles. The van der Waals surface area contributed by atoms with Gasteiger partial charge in [0.2, 0.25) is 0 Å². The zero-order valence-corrected chi connectivity index (χ0v) is 18.7. The van der Waals surface area contributed by atoms with Gasteiger partial charge in [-0.1, -0.05) is 29.3 Å². The second kappa shape index (κ2) is 9.45. The number of rotatable bonds is 6. The van der Waals surface area contributed by atoms with Crippen LogP contribution >= 0.6 is 45.9 Å². The van der Waals surface area contributed by atoms with Gasteiger partial charge in [-0.2, -0.15) is 0 Å². The Hall–Kier alpha value is -1.64. The van der Waals surface area contributed by atoms with Crippen LogP contribution in [0, 0.1) is 0 Å². The van der Waals surface area contributed by atoms with Gasteiger partial charge in [0.15, 0.2) is 6.61 Å². The monoisotopic (exact) mass is 467 g/mol. The van der Waals surface area contributed by atoms with Crippen LogP contribution in [0.25, 0.3) is 10.6 Å². The molecule has 9 heteroatoms. The summed E-state index contributed by atoms with van der Waals surface area (Å²) in [5, 5.41) is 6.22. The molecule has 1 saturated heterocycles. The van der Waals surface area contributed by atoms with Crippen LogP contribution in [0.5, 0.6) is 5.75 Å². The molecule has 5 nitrogen and oxygen atoms in total. The molecule has 0 bridgehead atoms. The molecular formula is C20H19Cl2N3O2S2. The Kier molecular flexibility index (Phi) is 6.72. The Labute approximate surface area is 187 Å². The summed E-state index contributed by atoms with van der Waals surface area (Å²) in [5.74, 6) is 0.429. The first-order valence-corrected chi connectivity index (χ1v) is 11.7. The SMILES string of the molecule is O=C(COc1ccc(Cl)cc1Cl)N1CCN(Cc2nc(-c3cccs3)cs2)CC1. The highest BCUT2D eigenvalue weighted by Crippen LogP contribution is 2.28. The lowest BCUT2D eigenvalue weighted by Gasteiger charge is -2.34. The van der Waals surface area contributed by atoms with Crippen molar-refractivity contribution in [3.05, 3.63) is 56.1 Å². The van der Waals surface area contributed by atoms with Gasteiger partial charge < -0.3 is 9.64 Å². The molecule has 0 N–H and O–H groups in total. The summed E-state index contributed by atoms with van der Waals surface area (Å²) in [6, 6.07) is 9.10. The van der Waals surface area contributed by atoms with Crippen LogP contribution in [0.15, 0.2) is 41.1 Å². The van der Waals surface area contributed by atoms with Crippen molar-refractivity contribution in [2.24, 2.45) is 0 Å². The predicted molar refractivity (Wildman–Crippen MR) is 119 cm³/mol. The maximum absolute atomic E-state index is 12.5. The number of thiophene rings is 1. The topological polar surface area (TPSA) is 45.7 Å². The summed E-state index contributed by atoms with van der Waals surface area (Å²) in [6.07, 6.45) is 0. The van der Waals surface area contributed by atoms with Gasteiger partial charge in [0.1, 0.15) is 10.8 Å². The molecule has 0 aliphatic carbocycles. The normalized spacial score (nSPS) is 14.9. The van der Waals surface area contributed by atoms with E-state index in [4.69, 9.17) is 32.9 Å². The number of amides is 1. The fraction of sp³-hybridized carbons (Fsp3) is 0.300. The van der Waals surface area contributed by atoms with E-state index in [0.717, 1.165) is 30.3 Å². The molecule has 29 heavy (non-hydrogen) atoms. The van der Waals surface area contributed by atoms with Crippen molar-refractivity contribution in [3.8, 4) is 16.3 Å². The average molecular weight is 468 g/mol. The standard InChI is InChI=1S/C20H19Cl2N3O2S2/c21-14-3-4-17(15(22)10-14)27-12-20(26)25-7-5-24(6-8-25)11-19-23-16(13-29-19)18-2-1-9-28-18/h1-4,9-10,13H,5-8,11-12H2. The number of benzene rings is 1. The molecule has 1 fully saturated rings. The summed E-state index contributed by atoms with van der Waals surface area (Å²) < 4.78 is 5.56. The molecular weight excluding hydrogens is 449 g/mol. The van der Waals surface area contributed by atoms with Crippen molar-refractivity contribution in [3.63, 3.8) is 0 Å². The molecule has 1 aromatic carbocycles. The Morgan fingerprint density at radius 2 is 1.97 bits per heavy atom. The van der Waals surface area contributed by atoms with Gasteiger partial charge in [-0.15, -0.1) is 22.7 Å². The number of hydrogen-bond donors (Lipinski definition) is 0. The fourth-order valence-electron chi connectivity index (χ4n) is 3.09. The summed E-state index contributed by atoms with van der Waals surface area (Å²) in [6.45, 7) is 3.79. The van der Waals surface area contributed by atoms with E-state index >= 15 is 0 Å². The number of thiazole rings is 1. The highest BCUT2D eigenvalue weighted by Gasteiger charge is 2.22. The molecule has 3 aromatic rings. The van der Waals surface area contributed by atoms with Crippen LogP contribution in [0.1, 0.15) is 5.01 Å². The Morgan fingerprint density at radius 3 is 2.69 bits per heavy atom. The lowest BCUT2D eigenvalue weighted by molar-refractivity contribution is -0.135. The quantitative estimate of drug-likeness (QED) is 0.516. The van der Waals surface area contributed by atoms with Crippen LogP contribution < -0.4 is 4.74 Å². The van der Waals surface area contributed by atoms with Gasteiger partial charge in [-0.05, 0) is 29.6 Å². The van der Waals surface area contributed by atoms with Crippen LogP contribution in [0.3, 0.4) is 0 Å². The summed E-state index contributed by atoms with van der Waals surface area (Å²) in [4.78, 5) is 22.6. The molecule has 0 atom stereocenters. The second-order valence-electron chi connectivity index (χ2n) is 6.62. The highest BCUT2D eigenvalue weighted by molar-refractivity contribution is 7.14.